The molecule has 94 valence electrons. The smallest absolute Gasteiger partial charge is 0.199 e. The van der Waals surface area contributed by atoms with Crippen molar-refractivity contribution in [2.24, 2.45) is 0 Å². The molecule has 0 bridgehead atoms. The fraction of sp³-hybridized carbons (Fsp3) is 0.0909. The maximum atomic E-state index is 6.04. The van der Waals surface area contributed by atoms with Gasteiger partial charge in [0.1, 0.15) is 6.33 Å². The highest BCUT2D eigenvalue weighted by molar-refractivity contribution is 6.35. The number of benzene rings is 1. The van der Waals surface area contributed by atoms with Gasteiger partial charge in [-0.1, -0.05) is 34.8 Å². The van der Waals surface area contributed by atoms with Crippen molar-refractivity contribution in [2.75, 3.05) is 12.4 Å². The molecule has 1 heterocycles. The Kier molecular flexibility index (Phi) is 4.11. The number of hydrogen-bond donors (Lipinski definition) is 1. The Labute approximate surface area is 119 Å². The van der Waals surface area contributed by atoms with Gasteiger partial charge in [-0.2, -0.15) is 0 Å². The van der Waals surface area contributed by atoms with Gasteiger partial charge >= 0.3 is 0 Å². The first-order chi connectivity index (χ1) is 8.61. The van der Waals surface area contributed by atoms with Crippen molar-refractivity contribution in [3.8, 4) is 5.75 Å². The van der Waals surface area contributed by atoms with Crippen LogP contribution in [0.15, 0.2) is 24.5 Å². The van der Waals surface area contributed by atoms with Crippen LogP contribution in [0.5, 0.6) is 5.75 Å². The molecular formula is C11H8Cl3N3O. The van der Waals surface area contributed by atoms with E-state index in [1.165, 1.54) is 13.4 Å². The molecular weight excluding hydrogens is 296 g/mol. The summed E-state index contributed by atoms with van der Waals surface area (Å²) in [4.78, 5) is 7.87. The van der Waals surface area contributed by atoms with Gasteiger partial charge in [0.05, 0.1) is 17.8 Å². The molecule has 0 saturated heterocycles. The molecule has 0 radical (unpaired) electrons. The summed E-state index contributed by atoms with van der Waals surface area (Å²) in [5.74, 6) is 0.761. The molecule has 0 spiro atoms. The largest absolute Gasteiger partial charge is 0.490 e. The summed E-state index contributed by atoms with van der Waals surface area (Å²) < 4.78 is 5.12. The molecule has 0 fully saturated rings. The molecule has 0 aliphatic heterocycles. The topological polar surface area (TPSA) is 47.0 Å². The number of ether oxygens (including phenoxy) is 1. The van der Waals surface area contributed by atoms with E-state index in [9.17, 15) is 0 Å². The molecule has 0 unspecified atom stereocenters. The summed E-state index contributed by atoms with van der Waals surface area (Å²) in [5, 5.41) is 4.28. The highest BCUT2D eigenvalue weighted by Crippen LogP contribution is 2.34. The molecule has 0 atom stereocenters. The molecule has 4 nitrogen and oxygen atoms in total. The third kappa shape index (κ3) is 2.77. The van der Waals surface area contributed by atoms with Gasteiger partial charge in [-0.15, -0.1) is 0 Å². The van der Waals surface area contributed by atoms with E-state index < -0.39 is 0 Å². The van der Waals surface area contributed by atoms with Crippen LogP contribution in [0.25, 0.3) is 0 Å². The number of aromatic nitrogens is 2. The van der Waals surface area contributed by atoms with E-state index in [1.807, 2.05) is 0 Å². The highest BCUT2D eigenvalue weighted by Gasteiger charge is 2.12. The van der Waals surface area contributed by atoms with E-state index in [2.05, 4.69) is 15.3 Å². The molecule has 0 amide bonds. The Morgan fingerprint density at radius 1 is 1.17 bits per heavy atom. The standard InChI is InChI=1S/C11H8Cl3N3O/c1-18-9-10(14)15-5-16-11(9)17-8-4-6(12)2-3-7(8)13/h2-5H,1H3,(H,15,16,17). The van der Waals surface area contributed by atoms with Gasteiger partial charge in [0.2, 0.25) is 0 Å². The lowest BCUT2D eigenvalue weighted by molar-refractivity contribution is 0.413. The summed E-state index contributed by atoms with van der Waals surface area (Å²) in [5.41, 5.74) is 0.609. The van der Waals surface area contributed by atoms with Crippen LogP contribution in [0.2, 0.25) is 15.2 Å². The van der Waals surface area contributed by atoms with E-state index in [-0.39, 0.29) is 5.15 Å². The molecule has 0 aliphatic rings. The minimum atomic E-state index is 0.216. The van der Waals surface area contributed by atoms with Crippen molar-refractivity contribution < 1.29 is 4.74 Å². The zero-order valence-corrected chi connectivity index (χ0v) is 11.5. The van der Waals surface area contributed by atoms with Crippen molar-refractivity contribution in [2.45, 2.75) is 0 Å². The summed E-state index contributed by atoms with van der Waals surface area (Å²) in [6.07, 6.45) is 1.33. The minimum Gasteiger partial charge on any atom is -0.490 e. The van der Waals surface area contributed by atoms with Crippen LogP contribution in [0.3, 0.4) is 0 Å². The monoisotopic (exact) mass is 303 g/mol. The van der Waals surface area contributed by atoms with Crippen LogP contribution in [0, 0.1) is 0 Å². The van der Waals surface area contributed by atoms with E-state index in [0.717, 1.165) is 0 Å². The van der Waals surface area contributed by atoms with Crippen molar-refractivity contribution in [1.29, 1.82) is 0 Å². The summed E-state index contributed by atoms with van der Waals surface area (Å²) in [7, 11) is 1.48. The number of nitrogens with one attached hydrogen (secondary N) is 1. The Hall–Kier alpha value is -1.23. The van der Waals surface area contributed by atoms with Gasteiger partial charge in [-0.05, 0) is 18.2 Å². The van der Waals surface area contributed by atoms with Crippen molar-refractivity contribution in [3.05, 3.63) is 39.7 Å². The number of rotatable bonds is 3. The van der Waals surface area contributed by atoms with E-state index in [1.54, 1.807) is 18.2 Å². The fourth-order valence-electron chi connectivity index (χ4n) is 1.34. The second kappa shape index (κ2) is 5.61. The SMILES string of the molecule is COc1c(Cl)ncnc1Nc1cc(Cl)ccc1Cl. The summed E-state index contributed by atoms with van der Waals surface area (Å²) in [6, 6.07) is 5.06. The van der Waals surface area contributed by atoms with E-state index in [4.69, 9.17) is 39.5 Å². The minimum absolute atomic E-state index is 0.216. The Morgan fingerprint density at radius 2 is 1.94 bits per heavy atom. The number of hydrogen-bond acceptors (Lipinski definition) is 4. The van der Waals surface area contributed by atoms with Gasteiger partial charge in [-0.25, -0.2) is 9.97 Å². The second-order valence-electron chi connectivity index (χ2n) is 3.30. The first-order valence-corrected chi connectivity index (χ1v) is 6.01. The molecule has 2 aromatic rings. The van der Waals surface area contributed by atoms with Crippen LogP contribution < -0.4 is 10.1 Å². The fourth-order valence-corrected chi connectivity index (χ4v) is 1.89. The molecule has 0 saturated carbocycles. The number of anilines is 2. The van der Waals surface area contributed by atoms with Gasteiger partial charge in [0.15, 0.2) is 16.7 Å². The number of methoxy groups -OCH3 is 1. The van der Waals surface area contributed by atoms with Crippen LogP contribution in [-0.2, 0) is 0 Å². The molecule has 18 heavy (non-hydrogen) atoms. The molecule has 2 rings (SSSR count). The summed E-state index contributed by atoms with van der Waals surface area (Å²) >= 11 is 17.8. The van der Waals surface area contributed by atoms with E-state index in [0.29, 0.717) is 27.3 Å². The molecule has 1 aromatic carbocycles. The number of nitrogens with zero attached hydrogens (tertiary/aromatic N) is 2. The van der Waals surface area contributed by atoms with Crippen LogP contribution in [0.4, 0.5) is 11.5 Å². The average molecular weight is 305 g/mol. The summed E-state index contributed by atoms with van der Waals surface area (Å²) in [6.45, 7) is 0. The Bertz CT molecular complexity index is 577. The van der Waals surface area contributed by atoms with Gasteiger partial charge in [-0.3, -0.25) is 0 Å². The third-order valence-corrected chi connectivity index (χ3v) is 2.98. The zero-order valence-electron chi connectivity index (χ0n) is 9.25. The molecule has 1 N–H and O–H groups in total. The normalized spacial score (nSPS) is 10.2. The average Bonchev–Trinajstić information content (AvgIpc) is 2.34. The van der Waals surface area contributed by atoms with Crippen molar-refractivity contribution in [3.63, 3.8) is 0 Å². The van der Waals surface area contributed by atoms with Crippen molar-refractivity contribution in [1.82, 2.24) is 9.97 Å². The van der Waals surface area contributed by atoms with Gasteiger partial charge in [0, 0.05) is 5.02 Å². The van der Waals surface area contributed by atoms with Crippen LogP contribution in [-0.4, -0.2) is 17.1 Å². The predicted octanol–water partition coefficient (Wildman–Crippen LogP) is 4.19. The predicted molar refractivity (Wildman–Crippen MR) is 73.3 cm³/mol. The lowest BCUT2D eigenvalue weighted by Gasteiger charge is -2.11. The second-order valence-corrected chi connectivity index (χ2v) is 4.50. The maximum Gasteiger partial charge on any atom is 0.199 e. The highest BCUT2D eigenvalue weighted by atomic mass is 35.5. The molecule has 7 heteroatoms. The molecule has 1 aromatic heterocycles. The third-order valence-electron chi connectivity index (χ3n) is 2.15. The quantitative estimate of drug-likeness (QED) is 0.864. The lowest BCUT2D eigenvalue weighted by atomic mass is 10.3. The first-order valence-electron chi connectivity index (χ1n) is 4.88. The zero-order chi connectivity index (χ0) is 13.1. The van der Waals surface area contributed by atoms with Crippen LogP contribution >= 0.6 is 34.8 Å². The maximum absolute atomic E-state index is 6.04. The van der Waals surface area contributed by atoms with Crippen molar-refractivity contribution >= 4 is 46.3 Å². The lowest BCUT2D eigenvalue weighted by Crippen LogP contribution is -1.99. The first kappa shape index (κ1) is 13.2. The molecule has 0 aliphatic carbocycles. The van der Waals surface area contributed by atoms with Gasteiger partial charge in [0.25, 0.3) is 0 Å². The number of halogens is 3. The Balaban J connectivity index is 2.40. The van der Waals surface area contributed by atoms with E-state index >= 15 is 0 Å². The van der Waals surface area contributed by atoms with Crippen LogP contribution in [0.1, 0.15) is 0 Å². The Morgan fingerprint density at radius 3 is 2.67 bits per heavy atom. The van der Waals surface area contributed by atoms with Gasteiger partial charge < -0.3 is 10.1 Å².